The average molecular weight is 492 g/mol. The summed E-state index contributed by atoms with van der Waals surface area (Å²) in [5, 5.41) is 5.21. The Hall–Kier alpha value is -3.85. The fraction of sp³-hybridized carbons (Fsp3) is 0.269. The van der Waals surface area contributed by atoms with Crippen LogP contribution in [0.3, 0.4) is 0 Å². The monoisotopic (exact) mass is 491 g/mol. The molecule has 9 heteroatoms. The number of aryl methyl sites for hydroxylation is 1. The van der Waals surface area contributed by atoms with Gasteiger partial charge in [0.2, 0.25) is 5.91 Å². The molecule has 0 saturated carbocycles. The second-order valence-corrected chi connectivity index (χ2v) is 9.17. The summed E-state index contributed by atoms with van der Waals surface area (Å²) in [7, 11) is 0. The van der Waals surface area contributed by atoms with Crippen LogP contribution in [0.15, 0.2) is 47.8 Å². The van der Waals surface area contributed by atoms with Gasteiger partial charge in [-0.2, -0.15) is 0 Å². The molecule has 8 nitrogen and oxygen atoms in total. The summed E-state index contributed by atoms with van der Waals surface area (Å²) in [5.74, 6) is -1.52. The highest BCUT2D eigenvalue weighted by molar-refractivity contribution is 7.09. The van der Waals surface area contributed by atoms with Gasteiger partial charge in [0.05, 0.1) is 28.8 Å². The third kappa shape index (κ3) is 5.46. The summed E-state index contributed by atoms with van der Waals surface area (Å²) in [6.07, 6.45) is 1.70. The van der Waals surface area contributed by atoms with E-state index < -0.39 is 5.97 Å². The van der Waals surface area contributed by atoms with E-state index in [2.05, 4.69) is 10.3 Å². The Bertz CT molecular complexity index is 1300. The smallest absolute Gasteiger partial charge is 0.338 e. The Labute approximate surface area is 206 Å². The number of unbranched alkanes of at least 4 members (excludes halogenated alkanes) is 1. The highest BCUT2D eigenvalue weighted by atomic mass is 32.1. The Morgan fingerprint density at radius 3 is 2.63 bits per heavy atom. The lowest BCUT2D eigenvalue weighted by Crippen LogP contribution is -2.30. The van der Waals surface area contributed by atoms with Gasteiger partial charge >= 0.3 is 5.97 Å². The number of nitrogens with zero attached hydrogens (tertiary/aromatic N) is 2. The maximum Gasteiger partial charge on any atom is 0.338 e. The number of rotatable bonds is 9. The predicted octanol–water partition coefficient (Wildman–Crippen LogP) is 4.39. The molecule has 0 bridgehead atoms. The quantitative estimate of drug-likeness (QED) is 0.352. The largest absolute Gasteiger partial charge is 0.456 e. The van der Waals surface area contributed by atoms with Crippen molar-refractivity contribution in [3.05, 3.63) is 80.8 Å². The summed E-state index contributed by atoms with van der Waals surface area (Å²) in [4.78, 5) is 55.5. The summed E-state index contributed by atoms with van der Waals surface area (Å²) >= 11 is 1.31. The van der Waals surface area contributed by atoms with Crippen LogP contribution in [0, 0.1) is 6.92 Å². The second-order valence-electron chi connectivity index (χ2n) is 8.22. The van der Waals surface area contributed by atoms with Crippen LogP contribution in [0.1, 0.15) is 67.1 Å². The molecule has 0 fully saturated rings. The molecule has 35 heavy (non-hydrogen) atoms. The molecular formula is C26H25N3O5S. The molecule has 0 radical (unpaired) electrons. The molecule has 180 valence electrons. The van der Waals surface area contributed by atoms with Crippen LogP contribution < -0.4 is 5.32 Å². The van der Waals surface area contributed by atoms with Gasteiger partial charge in [-0.1, -0.05) is 31.5 Å². The molecule has 1 aromatic heterocycles. The zero-order valence-electron chi connectivity index (χ0n) is 19.5. The van der Waals surface area contributed by atoms with Crippen LogP contribution in [0.5, 0.6) is 0 Å². The SMILES string of the molecule is CCCCN1C(=O)c2ccc(C(=O)OCc3csc(CC(=O)Nc4ccccc4C)n3)cc2C1=O. The van der Waals surface area contributed by atoms with Gasteiger partial charge in [-0.15, -0.1) is 11.3 Å². The molecular weight excluding hydrogens is 466 g/mol. The average Bonchev–Trinajstić information content (AvgIpc) is 3.39. The number of nitrogens with one attached hydrogen (secondary N) is 1. The number of ether oxygens (including phenoxy) is 1. The molecule has 2 aromatic carbocycles. The van der Waals surface area contributed by atoms with Gasteiger partial charge < -0.3 is 10.1 Å². The standard InChI is InChI=1S/C26H25N3O5S/c1-3-4-11-29-24(31)19-10-9-17(12-20(19)25(29)32)26(33)34-14-18-15-35-23(27-18)13-22(30)28-21-8-6-5-7-16(21)2/h5-10,12,15H,3-4,11,13-14H2,1-2H3,(H,28,30). The van der Waals surface area contributed by atoms with Gasteiger partial charge in [0.1, 0.15) is 11.6 Å². The van der Waals surface area contributed by atoms with Gasteiger partial charge in [0, 0.05) is 17.6 Å². The first-order valence-electron chi connectivity index (χ1n) is 11.3. The Morgan fingerprint density at radius 2 is 1.86 bits per heavy atom. The molecule has 0 atom stereocenters. The van der Waals surface area contributed by atoms with Gasteiger partial charge in [0.15, 0.2) is 0 Å². The minimum absolute atomic E-state index is 0.0681. The first-order chi connectivity index (χ1) is 16.9. The van der Waals surface area contributed by atoms with E-state index in [1.54, 1.807) is 5.38 Å². The number of para-hydroxylation sites is 1. The number of amides is 3. The molecule has 0 aliphatic carbocycles. The fourth-order valence-corrected chi connectivity index (χ4v) is 4.48. The van der Waals surface area contributed by atoms with E-state index in [0.29, 0.717) is 22.8 Å². The van der Waals surface area contributed by atoms with E-state index in [0.717, 1.165) is 24.1 Å². The number of hydrogen-bond donors (Lipinski definition) is 1. The van der Waals surface area contributed by atoms with Crippen LogP contribution in [-0.4, -0.2) is 40.1 Å². The van der Waals surface area contributed by atoms with Crippen LogP contribution >= 0.6 is 11.3 Å². The minimum atomic E-state index is -0.619. The number of benzene rings is 2. The molecule has 0 spiro atoms. The highest BCUT2D eigenvalue weighted by Gasteiger charge is 2.35. The van der Waals surface area contributed by atoms with Crippen molar-refractivity contribution in [1.29, 1.82) is 0 Å². The maximum atomic E-state index is 12.6. The Kier molecular flexibility index (Phi) is 7.36. The van der Waals surface area contributed by atoms with E-state index in [1.165, 1.54) is 34.4 Å². The first-order valence-corrected chi connectivity index (χ1v) is 12.2. The van der Waals surface area contributed by atoms with E-state index in [4.69, 9.17) is 4.74 Å². The van der Waals surface area contributed by atoms with E-state index >= 15 is 0 Å². The third-order valence-corrected chi connectivity index (χ3v) is 6.52. The van der Waals surface area contributed by atoms with Crippen LogP contribution in [0.25, 0.3) is 0 Å². The number of aromatic nitrogens is 1. The maximum absolute atomic E-state index is 12.6. The number of carbonyl (C=O) groups excluding carboxylic acids is 4. The summed E-state index contributed by atoms with van der Waals surface area (Å²) in [5.41, 5.74) is 2.97. The summed E-state index contributed by atoms with van der Waals surface area (Å²) < 4.78 is 5.35. The van der Waals surface area contributed by atoms with E-state index in [-0.39, 0.29) is 41.9 Å². The molecule has 1 aliphatic heterocycles. The number of anilines is 1. The predicted molar refractivity (Wildman–Crippen MR) is 131 cm³/mol. The van der Waals surface area contributed by atoms with Crippen molar-refractivity contribution in [3.8, 4) is 0 Å². The number of fused-ring (bicyclic) bond motifs is 1. The number of carbonyl (C=O) groups is 4. The fourth-order valence-electron chi connectivity index (χ4n) is 3.70. The molecule has 4 rings (SSSR count). The van der Waals surface area contributed by atoms with Gasteiger partial charge in [-0.3, -0.25) is 19.3 Å². The van der Waals surface area contributed by atoms with Crippen molar-refractivity contribution in [2.75, 3.05) is 11.9 Å². The topological polar surface area (TPSA) is 106 Å². The highest BCUT2D eigenvalue weighted by Crippen LogP contribution is 2.25. The summed E-state index contributed by atoms with van der Waals surface area (Å²) in [6, 6.07) is 11.9. The van der Waals surface area contributed by atoms with Crippen molar-refractivity contribution in [2.45, 2.75) is 39.7 Å². The van der Waals surface area contributed by atoms with Crippen molar-refractivity contribution >= 4 is 40.7 Å². The van der Waals surface area contributed by atoms with Crippen LogP contribution in [-0.2, 0) is 22.6 Å². The van der Waals surface area contributed by atoms with Crippen LogP contribution in [0.2, 0.25) is 0 Å². The molecule has 3 amide bonds. The molecule has 2 heterocycles. The zero-order chi connectivity index (χ0) is 24.9. The van der Waals surface area contributed by atoms with Crippen molar-refractivity contribution in [1.82, 2.24) is 9.88 Å². The van der Waals surface area contributed by atoms with Gasteiger partial charge in [-0.05, 0) is 43.2 Å². The van der Waals surface area contributed by atoms with Gasteiger partial charge in [0.25, 0.3) is 11.8 Å². The minimum Gasteiger partial charge on any atom is -0.456 e. The number of hydrogen-bond acceptors (Lipinski definition) is 7. The zero-order valence-corrected chi connectivity index (χ0v) is 20.3. The number of esters is 1. The molecule has 0 saturated heterocycles. The van der Waals surface area contributed by atoms with Crippen LogP contribution in [0.4, 0.5) is 5.69 Å². The Morgan fingerprint density at radius 1 is 1.09 bits per heavy atom. The lowest BCUT2D eigenvalue weighted by Gasteiger charge is -2.12. The normalized spacial score (nSPS) is 12.6. The number of thiazole rings is 1. The first kappa shape index (κ1) is 24.3. The molecule has 1 aliphatic rings. The van der Waals surface area contributed by atoms with Crippen molar-refractivity contribution in [3.63, 3.8) is 0 Å². The summed E-state index contributed by atoms with van der Waals surface area (Å²) in [6.45, 7) is 4.19. The molecule has 1 N–H and O–H groups in total. The van der Waals surface area contributed by atoms with E-state index in [1.807, 2.05) is 38.1 Å². The van der Waals surface area contributed by atoms with Crippen molar-refractivity contribution in [2.24, 2.45) is 0 Å². The third-order valence-electron chi connectivity index (χ3n) is 5.62. The lowest BCUT2D eigenvalue weighted by molar-refractivity contribution is -0.115. The molecule has 3 aromatic rings. The van der Waals surface area contributed by atoms with Crippen molar-refractivity contribution < 1.29 is 23.9 Å². The Balaban J connectivity index is 1.33. The number of imide groups is 1. The lowest BCUT2D eigenvalue weighted by atomic mass is 10.1. The molecule has 0 unspecified atom stereocenters. The van der Waals surface area contributed by atoms with E-state index in [9.17, 15) is 19.2 Å². The second kappa shape index (κ2) is 10.6. The van der Waals surface area contributed by atoms with Gasteiger partial charge in [-0.25, -0.2) is 9.78 Å².